The van der Waals surface area contributed by atoms with Crippen molar-refractivity contribution in [3.05, 3.63) is 77.2 Å². The predicted octanol–water partition coefficient (Wildman–Crippen LogP) is 4.24. The zero-order valence-electron chi connectivity index (χ0n) is 15.5. The molecular formula is C21H21ClN4O2. The predicted molar refractivity (Wildman–Crippen MR) is 110 cm³/mol. The Balaban J connectivity index is 1.50. The number of benzene rings is 2. The number of amides is 1. The van der Waals surface area contributed by atoms with Crippen LogP contribution in [0.5, 0.6) is 5.75 Å². The molecule has 0 radical (unpaired) electrons. The average Bonchev–Trinajstić information content (AvgIpc) is 2.72. The van der Waals surface area contributed by atoms with Crippen molar-refractivity contribution >= 4 is 29.0 Å². The normalized spacial score (nSPS) is 10.4. The molecular weight excluding hydrogens is 376 g/mol. The highest BCUT2D eigenvalue weighted by Gasteiger charge is 2.08. The molecule has 0 aliphatic rings. The van der Waals surface area contributed by atoms with Crippen LogP contribution in [0.4, 0.5) is 11.5 Å². The van der Waals surface area contributed by atoms with Crippen molar-refractivity contribution in [1.82, 2.24) is 15.3 Å². The number of halogens is 1. The summed E-state index contributed by atoms with van der Waals surface area (Å²) in [5.41, 5.74) is 2.23. The van der Waals surface area contributed by atoms with Gasteiger partial charge in [-0.1, -0.05) is 23.7 Å². The highest BCUT2D eigenvalue weighted by Crippen LogP contribution is 2.18. The number of ether oxygens (including phenoxy) is 1. The van der Waals surface area contributed by atoms with Crippen LogP contribution in [-0.4, -0.2) is 29.0 Å². The smallest absolute Gasteiger partial charge is 0.271 e. The molecule has 7 heteroatoms. The molecule has 0 bridgehead atoms. The molecule has 1 heterocycles. The number of carbonyl (C=O) groups is 1. The Kier molecular flexibility index (Phi) is 6.81. The molecule has 2 aromatic carbocycles. The largest absolute Gasteiger partial charge is 0.494 e. The average molecular weight is 397 g/mol. The minimum Gasteiger partial charge on any atom is -0.494 e. The maximum Gasteiger partial charge on any atom is 0.271 e. The summed E-state index contributed by atoms with van der Waals surface area (Å²) < 4.78 is 5.41. The van der Waals surface area contributed by atoms with Gasteiger partial charge in [0.15, 0.2) is 0 Å². The van der Waals surface area contributed by atoms with Crippen LogP contribution in [0.3, 0.4) is 0 Å². The lowest BCUT2D eigenvalue weighted by molar-refractivity contribution is 0.0949. The standard InChI is InChI=1S/C21H21ClN4O2/c1-2-28-18-9-7-17(8-10-18)26-20-14-24-19(13-25-20)21(27)23-12-11-15-3-5-16(22)6-4-15/h3-10,13-14H,2,11-12H2,1H3,(H,23,27)(H,25,26). The first-order valence-corrected chi connectivity index (χ1v) is 9.36. The summed E-state index contributed by atoms with van der Waals surface area (Å²) in [4.78, 5) is 20.6. The fourth-order valence-corrected chi connectivity index (χ4v) is 2.65. The monoisotopic (exact) mass is 396 g/mol. The fourth-order valence-electron chi connectivity index (χ4n) is 2.52. The SMILES string of the molecule is CCOc1ccc(Nc2cnc(C(=O)NCCc3ccc(Cl)cc3)cn2)cc1. The Morgan fingerprint density at radius 3 is 2.43 bits per heavy atom. The lowest BCUT2D eigenvalue weighted by Crippen LogP contribution is -2.26. The number of hydrogen-bond donors (Lipinski definition) is 2. The van der Waals surface area contributed by atoms with Crippen LogP contribution in [0.2, 0.25) is 5.02 Å². The van der Waals surface area contributed by atoms with Crippen molar-refractivity contribution in [2.75, 3.05) is 18.5 Å². The molecule has 1 amide bonds. The first kappa shape index (κ1) is 19.6. The van der Waals surface area contributed by atoms with Gasteiger partial charge in [0.25, 0.3) is 5.91 Å². The minimum atomic E-state index is -0.255. The van der Waals surface area contributed by atoms with E-state index in [2.05, 4.69) is 20.6 Å². The molecule has 0 saturated carbocycles. The molecule has 0 spiro atoms. The fraction of sp³-hybridized carbons (Fsp3) is 0.190. The molecule has 0 unspecified atom stereocenters. The lowest BCUT2D eigenvalue weighted by Gasteiger charge is -2.08. The number of nitrogens with zero attached hydrogens (tertiary/aromatic N) is 2. The third-order valence-electron chi connectivity index (χ3n) is 3.93. The van der Waals surface area contributed by atoms with E-state index in [0.29, 0.717) is 30.4 Å². The van der Waals surface area contributed by atoms with E-state index in [0.717, 1.165) is 17.0 Å². The van der Waals surface area contributed by atoms with Gasteiger partial charge in [-0.2, -0.15) is 0 Å². The summed E-state index contributed by atoms with van der Waals surface area (Å²) in [5, 5.41) is 6.67. The van der Waals surface area contributed by atoms with Crippen LogP contribution in [0.25, 0.3) is 0 Å². The van der Waals surface area contributed by atoms with Gasteiger partial charge in [-0.05, 0) is 55.3 Å². The van der Waals surface area contributed by atoms with Crippen molar-refractivity contribution in [1.29, 1.82) is 0 Å². The minimum absolute atomic E-state index is 0.255. The summed E-state index contributed by atoms with van der Waals surface area (Å²) in [6, 6.07) is 15.1. The summed E-state index contributed by atoms with van der Waals surface area (Å²) >= 11 is 5.86. The van der Waals surface area contributed by atoms with Crippen LogP contribution in [-0.2, 0) is 6.42 Å². The number of nitrogens with one attached hydrogen (secondary N) is 2. The van der Waals surface area contributed by atoms with E-state index in [1.54, 1.807) is 0 Å². The second-order valence-electron chi connectivity index (χ2n) is 6.00. The molecule has 3 rings (SSSR count). The molecule has 144 valence electrons. The van der Waals surface area contributed by atoms with Gasteiger partial charge < -0.3 is 15.4 Å². The van der Waals surface area contributed by atoms with E-state index in [9.17, 15) is 4.79 Å². The van der Waals surface area contributed by atoms with E-state index in [-0.39, 0.29) is 11.6 Å². The first-order valence-electron chi connectivity index (χ1n) is 8.98. The van der Waals surface area contributed by atoms with Gasteiger partial charge in [0.05, 0.1) is 19.0 Å². The maximum atomic E-state index is 12.2. The quantitative estimate of drug-likeness (QED) is 0.595. The van der Waals surface area contributed by atoms with Crippen LogP contribution in [0.15, 0.2) is 60.9 Å². The van der Waals surface area contributed by atoms with E-state index < -0.39 is 0 Å². The van der Waals surface area contributed by atoms with Crippen molar-refractivity contribution in [2.45, 2.75) is 13.3 Å². The molecule has 6 nitrogen and oxygen atoms in total. The lowest BCUT2D eigenvalue weighted by atomic mass is 10.1. The van der Waals surface area contributed by atoms with Gasteiger partial charge >= 0.3 is 0 Å². The highest BCUT2D eigenvalue weighted by molar-refractivity contribution is 6.30. The zero-order valence-corrected chi connectivity index (χ0v) is 16.2. The second-order valence-corrected chi connectivity index (χ2v) is 6.44. The van der Waals surface area contributed by atoms with E-state index in [1.165, 1.54) is 12.4 Å². The topological polar surface area (TPSA) is 76.1 Å². The summed E-state index contributed by atoms with van der Waals surface area (Å²) in [6.07, 6.45) is 3.70. The molecule has 3 aromatic rings. The summed E-state index contributed by atoms with van der Waals surface area (Å²) in [6.45, 7) is 3.08. The number of carbonyl (C=O) groups excluding carboxylic acids is 1. The zero-order chi connectivity index (χ0) is 19.8. The van der Waals surface area contributed by atoms with Crippen molar-refractivity contribution < 1.29 is 9.53 Å². The van der Waals surface area contributed by atoms with Crippen LogP contribution >= 0.6 is 11.6 Å². The van der Waals surface area contributed by atoms with Gasteiger partial charge in [-0.15, -0.1) is 0 Å². The Bertz CT molecular complexity index is 897. The van der Waals surface area contributed by atoms with Crippen LogP contribution in [0, 0.1) is 0 Å². The molecule has 2 N–H and O–H groups in total. The number of hydrogen-bond acceptors (Lipinski definition) is 5. The Labute approximate surface area is 168 Å². The van der Waals surface area contributed by atoms with Gasteiger partial charge in [-0.3, -0.25) is 4.79 Å². The molecule has 0 aliphatic heterocycles. The van der Waals surface area contributed by atoms with Crippen LogP contribution in [0.1, 0.15) is 23.0 Å². The highest BCUT2D eigenvalue weighted by atomic mass is 35.5. The second kappa shape index (κ2) is 9.71. The van der Waals surface area contributed by atoms with Crippen molar-refractivity contribution in [2.24, 2.45) is 0 Å². The molecule has 1 aromatic heterocycles. The van der Waals surface area contributed by atoms with E-state index in [1.807, 2.05) is 55.5 Å². The third-order valence-corrected chi connectivity index (χ3v) is 4.19. The molecule has 0 saturated heterocycles. The van der Waals surface area contributed by atoms with E-state index >= 15 is 0 Å². The number of rotatable bonds is 8. The van der Waals surface area contributed by atoms with Crippen molar-refractivity contribution in [3.8, 4) is 5.75 Å². The van der Waals surface area contributed by atoms with Gasteiger partial charge in [0.2, 0.25) is 0 Å². The Morgan fingerprint density at radius 1 is 1.04 bits per heavy atom. The summed E-state index contributed by atoms with van der Waals surface area (Å²) in [7, 11) is 0. The Hall–Kier alpha value is -3.12. The molecule has 0 aliphatic carbocycles. The van der Waals surface area contributed by atoms with E-state index in [4.69, 9.17) is 16.3 Å². The Morgan fingerprint density at radius 2 is 1.79 bits per heavy atom. The van der Waals surface area contributed by atoms with Crippen LogP contribution < -0.4 is 15.4 Å². The van der Waals surface area contributed by atoms with Crippen molar-refractivity contribution in [3.63, 3.8) is 0 Å². The number of aromatic nitrogens is 2. The first-order chi connectivity index (χ1) is 13.6. The van der Waals surface area contributed by atoms with Gasteiger partial charge in [-0.25, -0.2) is 9.97 Å². The molecule has 0 atom stereocenters. The molecule has 28 heavy (non-hydrogen) atoms. The summed E-state index contributed by atoms with van der Waals surface area (Å²) in [5.74, 6) is 1.11. The number of anilines is 2. The maximum absolute atomic E-state index is 12.2. The van der Waals surface area contributed by atoms with Gasteiger partial charge in [0.1, 0.15) is 17.3 Å². The molecule has 0 fully saturated rings. The third kappa shape index (κ3) is 5.69. The van der Waals surface area contributed by atoms with Gasteiger partial charge in [0, 0.05) is 17.3 Å².